The van der Waals surface area contributed by atoms with Gasteiger partial charge >= 0.3 is 11.5 Å². The topological polar surface area (TPSA) is 70.3 Å². The summed E-state index contributed by atoms with van der Waals surface area (Å²) in [5.41, 5.74) is -4.35. The zero-order chi connectivity index (χ0) is 16.0. The number of hydrogen-bond donors (Lipinski definition) is 1. The number of carbonyl (C=O) groups excluding carboxylic acids is 1. The van der Waals surface area contributed by atoms with Crippen LogP contribution in [0.1, 0.15) is 23.6 Å². The fourth-order valence-corrected chi connectivity index (χ4v) is 2.37. The largest absolute Gasteiger partial charge is 0.466 e. The monoisotopic (exact) mass is 319 g/mol. The Morgan fingerprint density at radius 1 is 1.43 bits per heavy atom. The number of thioether (sulfide) groups is 1. The average Bonchev–Trinajstić information content (AvgIpc) is 2.36. The molecule has 0 fully saturated rings. The molecule has 0 atom stereocenters. The quantitative estimate of drug-likeness (QED) is 0.667. The Balaban J connectivity index is 3.22. The number of nitriles is 1. The molecule has 1 aromatic carbocycles. The third-order valence-corrected chi connectivity index (χ3v) is 3.13. The standard InChI is InChI=1S/C13H12F3NO3S/c1-2-20-12(19)5-8-3-10(21-13(14,15)16)4-9(7-18)11(8)6-17/h3-4,18H,2,5,7H2,1H3. The Morgan fingerprint density at radius 3 is 2.52 bits per heavy atom. The lowest BCUT2D eigenvalue weighted by molar-refractivity contribution is -0.142. The second kappa shape index (κ2) is 7.33. The van der Waals surface area contributed by atoms with Crippen LogP contribution in [0.25, 0.3) is 0 Å². The summed E-state index contributed by atoms with van der Waals surface area (Å²) in [7, 11) is 0. The molecule has 1 rings (SSSR count). The predicted octanol–water partition coefficient (Wildman–Crippen LogP) is 2.77. The van der Waals surface area contributed by atoms with Crippen molar-refractivity contribution in [1.82, 2.24) is 0 Å². The lowest BCUT2D eigenvalue weighted by Crippen LogP contribution is -2.10. The Labute approximate surface area is 123 Å². The molecule has 0 unspecified atom stereocenters. The summed E-state index contributed by atoms with van der Waals surface area (Å²) in [6, 6.07) is 4.00. The van der Waals surface area contributed by atoms with Crippen LogP contribution in [-0.2, 0) is 22.6 Å². The Morgan fingerprint density at radius 2 is 2.05 bits per heavy atom. The molecule has 8 heteroatoms. The summed E-state index contributed by atoms with van der Waals surface area (Å²) in [5, 5.41) is 18.2. The molecule has 1 aromatic rings. The van der Waals surface area contributed by atoms with E-state index in [4.69, 9.17) is 10.00 Å². The van der Waals surface area contributed by atoms with Crippen molar-refractivity contribution in [3.63, 3.8) is 0 Å². The normalized spacial score (nSPS) is 11.0. The summed E-state index contributed by atoms with van der Waals surface area (Å²) in [6.07, 6.45) is -0.323. The average molecular weight is 319 g/mol. The van der Waals surface area contributed by atoms with Gasteiger partial charge in [-0.15, -0.1) is 0 Å². The van der Waals surface area contributed by atoms with Gasteiger partial charge in [0.2, 0.25) is 0 Å². The van der Waals surface area contributed by atoms with E-state index in [0.29, 0.717) is 0 Å². The number of esters is 1. The van der Waals surface area contributed by atoms with Gasteiger partial charge in [-0.25, -0.2) is 0 Å². The van der Waals surface area contributed by atoms with Crippen LogP contribution in [0.2, 0.25) is 0 Å². The van der Waals surface area contributed by atoms with Crippen LogP contribution in [0.4, 0.5) is 13.2 Å². The molecule has 0 radical (unpaired) electrons. The SMILES string of the molecule is CCOC(=O)Cc1cc(SC(F)(F)F)cc(CO)c1C#N. The number of halogens is 3. The van der Waals surface area contributed by atoms with Crippen molar-refractivity contribution in [1.29, 1.82) is 5.26 Å². The van der Waals surface area contributed by atoms with Gasteiger partial charge in [-0.3, -0.25) is 4.79 Å². The predicted molar refractivity (Wildman–Crippen MR) is 69.3 cm³/mol. The smallest absolute Gasteiger partial charge is 0.446 e. The van der Waals surface area contributed by atoms with Crippen molar-refractivity contribution < 1.29 is 27.8 Å². The minimum atomic E-state index is -4.50. The molecular weight excluding hydrogens is 307 g/mol. The van der Waals surface area contributed by atoms with Crippen molar-refractivity contribution in [2.75, 3.05) is 6.61 Å². The van der Waals surface area contributed by atoms with Crippen LogP contribution in [0.3, 0.4) is 0 Å². The number of aliphatic hydroxyl groups excluding tert-OH is 1. The molecule has 0 amide bonds. The third-order valence-electron chi connectivity index (χ3n) is 2.43. The van der Waals surface area contributed by atoms with Gasteiger partial charge in [0.25, 0.3) is 0 Å². The van der Waals surface area contributed by atoms with E-state index in [1.807, 2.05) is 0 Å². The first-order valence-corrected chi connectivity index (χ1v) is 6.70. The van der Waals surface area contributed by atoms with E-state index in [1.54, 1.807) is 13.0 Å². The molecule has 0 saturated heterocycles. The number of rotatable bonds is 5. The molecule has 0 spiro atoms. The summed E-state index contributed by atoms with van der Waals surface area (Å²) in [5.74, 6) is -0.646. The van der Waals surface area contributed by atoms with Crippen LogP contribution in [0.5, 0.6) is 0 Å². The first-order chi connectivity index (χ1) is 9.80. The number of carbonyl (C=O) groups is 1. The maximum Gasteiger partial charge on any atom is 0.446 e. The fourth-order valence-electron chi connectivity index (χ4n) is 1.70. The minimum absolute atomic E-state index is 0.00271. The van der Waals surface area contributed by atoms with E-state index in [0.717, 1.165) is 12.1 Å². The molecule has 0 aromatic heterocycles. The molecule has 0 heterocycles. The van der Waals surface area contributed by atoms with Crippen LogP contribution < -0.4 is 0 Å². The highest BCUT2D eigenvalue weighted by molar-refractivity contribution is 8.00. The lowest BCUT2D eigenvalue weighted by atomic mass is 10.00. The zero-order valence-electron chi connectivity index (χ0n) is 11.0. The van der Waals surface area contributed by atoms with E-state index in [9.17, 15) is 23.1 Å². The van der Waals surface area contributed by atoms with Crippen molar-refractivity contribution in [3.05, 3.63) is 28.8 Å². The number of hydrogen-bond acceptors (Lipinski definition) is 5. The lowest BCUT2D eigenvalue weighted by Gasteiger charge is -2.12. The first kappa shape index (κ1) is 17.3. The van der Waals surface area contributed by atoms with Gasteiger partial charge in [0.15, 0.2) is 0 Å². The van der Waals surface area contributed by atoms with Crippen LogP contribution in [-0.4, -0.2) is 23.2 Å². The number of benzene rings is 1. The van der Waals surface area contributed by atoms with Gasteiger partial charge in [-0.1, -0.05) is 0 Å². The molecule has 0 aliphatic carbocycles. The first-order valence-electron chi connectivity index (χ1n) is 5.88. The summed E-state index contributed by atoms with van der Waals surface area (Å²) in [6.45, 7) is 1.13. The zero-order valence-corrected chi connectivity index (χ0v) is 11.8. The highest BCUT2D eigenvalue weighted by atomic mass is 32.2. The molecule has 0 aliphatic rings. The van der Waals surface area contributed by atoms with Gasteiger partial charge in [0, 0.05) is 4.90 Å². The molecular formula is C13H12F3NO3S. The van der Waals surface area contributed by atoms with Crippen LogP contribution >= 0.6 is 11.8 Å². The van der Waals surface area contributed by atoms with E-state index in [2.05, 4.69) is 0 Å². The molecule has 114 valence electrons. The number of nitrogens with zero attached hydrogens (tertiary/aromatic N) is 1. The van der Waals surface area contributed by atoms with Gasteiger partial charge in [0.1, 0.15) is 0 Å². The second-order valence-electron chi connectivity index (χ2n) is 3.92. The van der Waals surface area contributed by atoms with Gasteiger partial charge in [0.05, 0.1) is 31.3 Å². The minimum Gasteiger partial charge on any atom is -0.466 e. The van der Waals surface area contributed by atoms with Crippen molar-refractivity contribution in [2.24, 2.45) is 0 Å². The van der Waals surface area contributed by atoms with E-state index >= 15 is 0 Å². The molecule has 0 saturated carbocycles. The molecule has 4 nitrogen and oxygen atoms in total. The summed E-state index contributed by atoms with van der Waals surface area (Å²) < 4.78 is 42.0. The maximum absolute atomic E-state index is 12.4. The van der Waals surface area contributed by atoms with Crippen molar-refractivity contribution >= 4 is 17.7 Å². The Hall–Kier alpha value is -1.72. The summed E-state index contributed by atoms with van der Waals surface area (Å²) >= 11 is -0.369. The van der Waals surface area contributed by atoms with Crippen molar-refractivity contribution in [3.8, 4) is 6.07 Å². The third kappa shape index (κ3) is 5.28. The molecule has 0 bridgehead atoms. The highest BCUT2D eigenvalue weighted by Gasteiger charge is 2.30. The van der Waals surface area contributed by atoms with Gasteiger partial charge < -0.3 is 9.84 Å². The fraction of sp³-hybridized carbons (Fsp3) is 0.385. The number of alkyl halides is 3. The highest BCUT2D eigenvalue weighted by Crippen LogP contribution is 2.38. The molecule has 21 heavy (non-hydrogen) atoms. The molecule has 0 aliphatic heterocycles. The van der Waals surface area contributed by atoms with E-state index < -0.39 is 18.1 Å². The number of ether oxygens (including phenoxy) is 1. The number of aliphatic hydroxyl groups is 1. The second-order valence-corrected chi connectivity index (χ2v) is 5.05. The maximum atomic E-state index is 12.4. The Kier molecular flexibility index (Phi) is 6.05. The van der Waals surface area contributed by atoms with Gasteiger partial charge in [-0.2, -0.15) is 18.4 Å². The van der Waals surface area contributed by atoms with Crippen LogP contribution in [0, 0.1) is 11.3 Å². The summed E-state index contributed by atoms with van der Waals surface area (Å²) in [4.78, 5) is 11.3. The molecule has 1 N–H and O–H groups in total. The van der Waals surface area contributed by atoms with Crippen molar-refractivity contribution in [2.45, 2.75) is 30.4 Å². The van der Waals surface area contributed by atoms with E-state index in [-0.39, 0.29) is 46.4 Å². The van der Waals surface area contributed by atoms with E-state index in [1.165, 1.54) is 0 Å². The Bertz CT molecular complexity index is 567. The van der Waals surface area contributed by atoms with Gasteiger partial charge in [-0.05, 0) is 41.9 Å². The van der Waals surface area contributed by atoms with Crippen LogP contribution in [0.15, 0.2) is 17.0 Å².